The number of fused-ring (bicyclic) bond motifs is 1. The first-order chi connectivity index (χ1) is 14.4. The van der Waals surface area contributed by atoms with Gasteiger partial charge in [0.25, 0.3) is 5.88 Å². The molecule has 0 atom stereocenters. The van der Waals surface area contributed by atoms with Gasteiger partial charge in [-0.25, -0.2) is 14.8 Å². The fourth-order valence-corrected chi connectivity index (χ4v) is 3.73. The van der Waals surface area contributed by atoms with Crippen LogP contribution in [0, 0.1) is 6.92 Å². The number of carboxylic acids is 1. The Morgan fingerprint density at radius 2 is 2.03 bits per heavy atom. The maximum atomic E-state index is 11.0. The number of hydrogen-bond acceptors (Lipinski definition) is 6. The summed E-state index contributed by atoms with van der Waals surface area (Å²) in [4.78, 5) is 22.1. The molecule has 3 N–H and O–H groups in total. The lowest BCUT2D eigenvalue weighted by molar-refractivity contribution is 0.0697. The number of nitrogen functional groups attached to an aromatic ring is 1. The van der Waals surface area contributed by atoms with Crippen LogP contribution in [0.1, 0.15) is 32.6 Å². The highest BCUT2D eigenvalue weighted by Gasteiger charge is 2.17. The van der Waals surface area contributed by atoms with Gasteiger partial charge in [0.1, 0.15) is 6.61 Å². The Labute approximate surface area is 175 Å². The van der Waals surface area contributed by atoms with Gasteiger partial charge in [0.2, 0.25) is 0 Å². The quantitative estimate of drug-likeness (QED) is 0.673. The molecule has 0 aliphatic carbocycles. The second-order valence-corrected chi connectivity index (χ2v) is 7.65. The van der Waals surface area contributed by atoms with Crippen LogP contribution in [0.3, 0.4) is 0 Å². The molecule has 3 aromatic rings. The first-order valence-electron chi connectivity index (χ1n) is 9.79. The largest absolute Gasteiger partial charge is 0.478 e. The van der Waals surface area contributed by atoms with E-state index < -0.39 is 5.97 Å². The number of rotatable bonds is 5. The van der Waals surface area contributed by atoms with Crippen molar-refractivity contribution in [3.8, 4) is 17.1 Å². The van der Waals surface area contributed by atoms with Crippen molar-refractivity contribution >= 4 is 11.8 Å². The van der Waals surface area contributed by atoms with E-state index in [4.69, 9.17) is 15.6 Å². The van der Waals surface area contributed by atoms with E-state index in [0.717, 1.165) is 30.6 Å². The summed E-state index contributed by atoms with van der Waals surface area (Å²) >= 11 is 0. The lowest BCUT2D eigenvalue weighted by Crippen LogP contribution is -2.27. The zero-order valence-electron chi connectivity index (χ0n) is 17.1. The number of carboxylic acid groups (broad SMARTS) is 1. The van der Waals surface area contributed by atoms with E-state index in [2.05, 4.69) is 41.0 Å². The molecule has 7 heteroatoms. The fraction of sp³-hybridized carbons (Fsp3) is 0.261. The van der Waals surface area contributed by atoms with Gasteiger partial charge in [0, 0.05) is 18.7 Å². The van der Waals surface area contributed by atoms with Crippen molar-refractivity contribution in [2.24, 2.45) is 0 Å². The molecule has 4 rings (SSSR count). The van der Waals surface area contributed by atoms with Gasteiger partial charge < -0.3 is 20.5 Å². The number of aryl methyl sites for hydroxylation is 1. The van der Waals surface area contributed by atoms with Gasteiger partial charge in [0.15, 0.2) is 5.82 Å². The molecule has 30 heavy (non-hydrogen) atoms. The van der Waals surface area contributed by atoms with E-state index in [1.165, 1.54) is 16.7 Å². The SMILES string of the molecule is Cc1cc(-c2cnc(N)c(OCc3ccc(C(=O)O)cc3)n2)cc2c1CCN(C)C2. The molecule has 1 aliphatic rings. The summed E-state index contributed by atoms with van der Waals surface area (Å²) in [6.07, 6.45) is 2.72. The smallest absolute Gasteiger partial charge is 0.335 e. The van der Waals surface area contributed by atoms with Crippen LogP contribution in [0.5, 0.6) is 5.88 Å². The normalized spacial score (nSPS) is 13.7. The highest BCUT2D eigenvalue weighted by molar-refractivity contribution is 5.87. The molecule has 0 bridgehead atoms. The lowest BCUT2D eigenvalue weighted by Gasteiger charge is -2.27. The minimum Gasteiger partial charge on any atom is -0.478 e. The van der Waals surface area contributed by atoms with Crippen molar-refractivity contribution in [2.75, 3.05) is 19.3 Å². The Balaban J connectivity index is 1.57. The summed E-state index contributed by atoms with van der Waals surface area (Å²) in [6, 6.07) is 10.8. The zero-order chi connectivity index (χ0) is 21.3. The molecule has 0 saturated carbocycles. The van der Waals surface area contributed by atoms with Crippen LogP contribution in [0.4, 0.5) is 5.82 Å². The standard InChI is InChI=1S/C23H24N4O3/c1-14-9-17(10-18-12-27(2)8-7-19(14)18)20-11-25-21(24)22(26-20)30-13-15-3-5-16(6-4-15)23(28)29/h3-6,9-11H,7-8,12-13H2,1-2H3,(H2,24,25)(H,28,29). The summed E-state index contributed by atoms with van der Waals surface area (Å²) in [5.74, 6) is -0.477. The molecule has 2 aromatic carbocycles. The van der Waals surface area contributed by atoms with Crippen LogP contribution in [-0.4, -0.2) is 39.5 Å². The number of aromatic carboxylic acids is 1. The first kappa shape index (κ1) is 19.8. The Morgan fingerprint density at radius 1 is 1.27 bits per heavy atom. The minimum atomic E-state index is -0.961. The van der Waals surface area contributed by atoms with Crippen LogP contribution >= 0.6 is 0 Å². The molecular formula is C23H24N4O3. The predicted molar refractivity (Wildman–Crippen MR) is 114 cm³/mol. The van der Waals surface area contributed by atoms with E-state index >= 15 is 0 Å². The van der Waals surface area contributed by atoms with E-state index in [1.54, 1.807) is 30.5 Å². The third-order valence-electron chi connectivity index (χ3n) is 5.39. The average Bonchev–Trinajstić information content (AvgIpc) is 2.73. The number of anilines is 1. The molecule has 0 radical (unpaired) electrons. The average molecular weight is 404 g/mol. The van der Waals surface area contributed by atoms with Crippen molar-refractivity contribution in [1.29, 1.82) is 0 Å². The minimum absolute atomic E-state index is 0.218. The van der Waals surface area contributed by atoms with Gasteiger partial charge in [-0.2, -0.15) is 0 Å². The molecule has 0 amide bonds. The Kier molecular flexibility index (Phi) is 5.37. The van der Waals surface area contributed by atoms with E-state index in [0.29, 0.717) is 5.69 Å². The number of nitrogens with zero attached hydrogens (tertiary/aromatic N) is 3. The van der Waals surface area contributed by atoms with Crippen molar-refractivity contribution in [3.63, 3.8) is 0 Å². The summed E-state index contributed by atoms with van der Waals surface area (Å²) in [6.45, 7) is 4.34. The molecule has 154 valence electrons. The highest BCUT2D eigenvalue weighted by Crippen LogP contribution is 2.29. The number of aromatic nitrogens is 2. The van der Waals surface area contributed by atoms with Crippen LogP contribution < -0.4 is 10.5 Å². The Morgan fingerprint density at radius 3 is 2.77 bits per heavy atom. The zero-order valence-corrected chi connectivity index (χ0v) is 17.1. The third kappa shape index (κ3) is 4.11. The van der Waals surface area contributed by atoms with Gasteiger partial charge >= 0.3 is 5.97 Å². The fourth-order valence-electron chi connectivity index (χ4n) is 3.73. The van der Waals surface area contributed by atoms with E-state index in [1.807, 2.05) is 0 Å². The number of ether oxygens (including phenoxy) is 1. The topological polar surface area (TPSA) is 102 Å². The van der Waals surface area contributed by atoms with Crippen molar-refractivity contribution < 1.29 is 14.6 Å². The van der Waals surface area contributed by atoms with E-state index in [9.17, 15) is 4.79 Å². The first-order valence-corrected chi connectivity index (χ1v) is 9.79. The maximum Gasteiger partial charge on any atom is 0.335 e. The summed E-state index contributed by atoms with van der Waals surface area (Å²) in [5.41, 5.74) is 12.7. The van der Waals surface area contributed by atoms with Gasteiger partial charge in [-0.15, -0.1) is 0 Å². The van der Waals surface area contributed by atoms with Crippen LogP contribution in [0.25, 0.3) is 11.3 Å². The molecule has 0 unspecified atom stereocenters. The van der Waals surface area contributed by atoms with E-state index in [-0.39, 0.29) is 23.9 Å². The van der Waals surface area contributed by atoms with Crippen molar-refractivity contribution in [2.45, 2.75) is 26.5 Å². The van der Waals surface area contributed by atoms with Crippen LogP contribution in [-0.2, 0) is 19.6 Å². The van der Waals surface area contributed by atoms with Crippen molar-refractivity contribution in [1.82, 2.24) is 14.9 Å². The molecule has 7 nitrogen and oxygen atoms in total. The molecule has 0 fully saturated rings. The van der Waals surface area contributed by atoms with Gasteiger partial charge in [-0.05, 0) is 66.9 Å². The summed E-state index contributed by atoms with van der Waals surface area (Å²) in [5, 5.41) is 9.00. The molecule has 2 heterocycles. The van der Waals surface area contributed by atoms with Crippen molar-refractivity contribution in [3.05, 3.63) is 70.4 Å². The molecular weight excluding hydrogens is 380 g/mol. The number of likely N-dealkylation sites (N-methyl/N-ethyl adjacent to an activating group) is 1. The van der Waals surface area contributed by atoms with Gasteiger partial charge in [-0.3, -0.25) is 0 Å². The number of nitrogens with two attached hydrogens (primary N) is 1. The van der Waals surface area contributed by atoms with Gasteiger partial charge in [-0.1, -0.05) is 12.1 Å². The second kappa shape index (κ2) is 8.12. The second-order valence-electron chi connectivity index (χ2n) is 7.65. The Hall–Kier alpha value is -3.45. The van der Waals surface area contributed by atoms with Gasteiger partial charge in [0.05, 0.1) is 17.5 Å². The van der Waals surface area contributed by atoms with Crippen LogP contribution in [0.2, 0.25) is 0 Å². The number of carbonyl (C=O) groups is 1. The molecule has 1 aliphatic heterocycles. The monoisotopic (exact) mass is 404 g/mol. The number of benzene rings is 2. The molecule has 1 aromatic heterocycles. The molecule has 0 saturated heterocycles. The molecule has 0 spiro atoms. The maximum absolute atomic E-state index is 11.0. The lowest BCUT2D eigenvalue weighted by atomic mass is 9.92. The Bertz CT molecular complexity index is 1100. The van der Waals surface area contributed by atoms with Crippen LogP contribution in [0.15, 0.2) is 42.6 Å². The highest BCUT2D eigenvalue weighted by atomic mass is 16.5. The number of hydrogen-bond donors (Lipinski definition) is 2. The summed E-state index contributed by atoms with van der Waals surface area (Å²) < 4.78 is 5.79. The predicted octanol–water partition coefficient (Wildman–Crippen LogP) is 3.30. The summed E-state index contributed by atoms with van der Waals surface area (Å²) in [7, 11) is 2.13. The third-order valence-corrected chi connectivity index (χ3v) is 5.39.